The van der Waals surface area contributed by atoms with Crippen LogP contribution in [0.3, 0.4) is 0 Å². The summed E-state index contributed by atoms with van der Waals surface area (Å²) in [6, 6.07) is 13.7. The molecule has 19 heavy (non-hydrogen) atoms. The topological polar surface area (TPSA) is 80.6 Å². The van der Waals surface area contributed by atoms with Gasteiger partial charge in [-0.05, 0) is 41.3 Å². The molecule has 0 fully saturated rings. The van der Waals surface area contributed by atoms with E-state index in [0.717, 1.165) is 18.6 Å². The number of aryl methyl sites for hydroxylation is 1. The molecule has 0 radical (unpaired) electrons. The van der Waals surface area contributed by atoms with Gasteiger partial charge in [0.25, 0.3) is 0 Å². The molecule has 0 saturated carbocycles. The minimum Gasteiger partial charge on any atom is -0.768 e. The van der Waals surface area contributed by atoms with Crippen molar-refractivity contribution in [1.29, 1.82) is 0 Å². The van der Waals surface area contributed by atoms with Crippen LogP contribution in [0.2, 0.25) is 0 Å². The Balaban J connectivity index is 0.000000200. The van der Waals surface area contributed by atoms with Crippen LogP contribution in [-0.2, 0) is 17.5 Å². The molecule has 0 saturated heterocycles. The zero-order chi connectivity index (χ0) is 14.3. The average molecular weight is 279 g/mol. The number of hydrogen-bond acceptors (Lipinski definition) is 4. The predicted octanol–water partition coefficient (Wildman–Crippen LogP) is 2.58. The van der Waals surface area contributed by atoms with Crippen molar-refractivity contribution in [2.75, 3.05) is 0 Å². The fourth-order valence-electron chi connectivity index (χ4n) is 1.35. The lowest BCUT2D eigenvalue weighted by atomic mass is 10.2. The number of benzene rings is 2. The molecule has 2 N–H and O–H groups in total. The standard InChI is InChI=1S/C8H10.C6H6O4S/c1-2-8-6-4-3-5-7-8;7-4-1-2-5(8)6(3-4)11(9)10/h3-7H,2H2,1H3;1-3,7-8H,(H,9,10)/p-1. The van der Waals surface area contributed by atoms with Crippen molar-refractivity contribution in [1.82, 2.24) is 0 Å². The third-order valence-corrected chi connectivity index (χ3v) is 3.06. The number of rotatable bonds is 2. The summed E-state index contributed by atoms with van der Waals surface area (Å²) in [4.78, 5) is -0.301. The van der Waals surface area contributed by atoms with Gasteiger partial charge in [-0.15, -0.1) is 0 Å². The van der Waals surface area contributed by atoms with E-state index >= 15 is 0 Å². The molecule has 102 valence electrons. The summed E-state index contributed by atoms with van der Waals surface area (Å²) in [5.41, 5.74) is 1.41. The SMILES string of the molecule is CCc1ccccc1.O=S([O-])c1cc(O)ccc1O. The molecule has 0 bridgehead atoms. The van der Waals surface area contributed by atoms with Crippen LogP contribution in [-0.4, -0.2) is 19.0 Å². The lowest BCUT2D eigenvalue weighted by molar-refractivity contribution is 0.442. The molecule has 0 aliphatic heterocycles. The van der Waals surface area contributed by atoms with Gasteiger partial charge in [0.15, 0.2) is 0 Å². The van der Waals surface area contributed by atoms with Crippen LogP contribution in [0.4, 0.5) is 0 Å². The fourth-order valence-corrected chi connectivity index (χ4v) is 1.81. The van der Waals surface area contributed by atoms with Crippen LogP contribution in [0, 0.1) is 0 Å². The quantitative estimate of drug-likeness (QED) is 0.654. The van der Waals surface area contributed by atoms with Crippen molar-refractivity contribution in [2.45, 2.75) is 18.2 Å². The van der Waals surface area contributed by atoms with Gasteiger partial charge in [0.2, 0.25) is 0 Å². The monoisotopic (exact) mass is 279 g/mol. The zero-order valence-electron chi connectivity index (χ0n) is 10.4. The zero-order valence-corrected chi connectivity index (χ0v) is 11.3. The van der Waals surface area contributed by atoms with Crippen LogP contribution >= 0.6 is 0 Å². The Morgan fingerprint density at radius 2 is 1.74 bits per heavy atom. The van der Waals surface area contributed by atoms with E-state index in [0.29, 0.717) is 0 Å². The highest BCUT2D eigenvalue weighted by Gasteiger charge is 2.01. The third kappa shape index (κ3) is 5.11. The molecule has 0 heterocycles. The molecule has 0 aliphatic carbocycles. The second-order valence-electron chi connectivity index (χ2n) is 3.73. The molecule has 1 atom stereocenters. The average Bonchev–Trinajstić information content (AvgIpc) is 2.43. The molecule has 2 aromatic rings. The minimum atomic E-state index is -2.51. The Labute approximate surface area is 114 Å². The Hall–Kier alpha value is -1.85. The van der Waals surface area contributed by atoms with E-state index < -0.39 is 11.1 Å². The van der Waals surface area contributed by atoms with Gasteiger partial charge in [-0.3, -0.25) is 4.21 Å². The van der Waals surface area contributed by atoms with Gasteiger partial charge in [-0.2, -0.15) is 0 Å². The number of phenols is 2. The first kappa shape index (κ1) is 15.2. The Kier molecular flexibility index (Phi) is 6.05. The van der Waals surface area contributed by atoms with E-state index in [1.807, 2.05) is 6.07 Å². The predicted molar refractivity (Wildman–Crippen MR) is 72.8 cm³/mol. The van der Waals surface area contributed by atoms with Crippen molar-refractivity contribution in [2.24, 2.45) is 0 Å². The summed E-state index contributed by atoms with van der Waals surface area (Å²) in [5, 5.41) is 17.7. The summed E-state index contributed by atoms with van der Waals surface area (Å²) < 4.78 is 20.6. The first-order valence-electron chi connectivity index (χ1n) is 5.69. The first-order chi connectivity index (χ1) is 9.04. The second-order valence-corrected chi connectivity index (χ2v) is 4.64. The highest BCUT2D eigenvalue weighted by Crippen LogP contribution is 2.23. The van der Waals surface area contributed by atoms with Gasteiger partial charge in [0.05, 0.1) is 4.90 Å². The normalized spacial score (nSPS) is 11.3. The van der Waals surface area contributed by atoms with Crippen molar-refractivity contribution in [3.8, 4) is 11.5 Å². The van der Waals surface area contributed by atoms with Crippen molar-refractivity contribution in [3.05, 3.63) is 54.1 Å². The van der Waals surface area contributed by atoms with E-state index in [1.54, 1.807) is 0 Å². The Morgan fingerprint density at radius 1 is 1.11 bits per heavy atom. The maximum atomic E-state index is 10.3. The van der Waals surface area contributed by atoms with Gasteiger partial charge in [-0.25, -0.2) is 0 Å². The maximum Gasteiger partial charge on any atom is 0.130 e. The second kappa shape index (κ2) is 7.56. The molecule has 0 spiro atoms. The lowest BCUT2D eigenvalue weighted by Crippen LogP contribution is -1.88. The summed E-state index contributed by atoms with van der Waals surface area (Å²) >= 11 is -2.51. The molecular formula is C14H15O4S-. The Bertz CT molecular complexity index is 540. The van der Waals surface area contributed by atoms with Gasteiger partial charge in [-0.1, -0.05) is 37.3 Å². The van der Waals surface area contributed by atoms with Crippen LogP contribution in [0.1, 0.15) is 12.5 Å². The molecule has 4 nitrogen and oxygen atoms in total. The van der Waals surface area contributed by atoms with E-state index in [2.05, 4.69) is 31.2 Å². The van der Waals surface area contributed by atoms with E-state index in [-0.39, 0.29) is 16.4 Å². The van der Waals surface area contributed by atoms with Crippen LogP contribution < -0.4 is 0 Å². The summed E-state index contributed by atoms with van der Waals surface area (Å²) in [5.74, 6) is -0.557. The highest BCUT2D eigenvalue weighted by atomic mass is 32.2. The number of phenolic OH excluding ortho intramolecular Hbond substituents is 2. The van der Waals surface area contributed by atoms with E-state index in [1.165, 1.54) is 11.6 Å². The third-order valence-electron chi connectivity index (χ3n) is 2.37. The molecule has 5 heteroatoms. The molecular weight excluding hydrogens is 264 g/mol. The van der Waals surface area contributed by atoms with Gasteiger partial charge < -0.3 is 14.8 Å². The van der Waals surface area contributed by atoms with Gasteiger partial charge >= 0.3 is 0 Å². The number of aromatic hydroxyl groups is 2. The van der Waals surface area contributed by atoms with Crippen molar-refractivity contribution >= 4 is 11.1 Å². The molecule has 2 aromatic carbocycles. The molecule has 0 aliphatic rings. The van der Waals surface area contributed by atoms with Gasteiger partial charge in [0.1, 0.15) is 11.5 Å². The molecule has 0 amide bonds. The molecule has 2 rings (SSSR count). The van der Waals surface area contributed by atoms with Crippen LogP contribution in [0.5, 0.6) is 11.5 Å². The minimum absolute atomic E-state index is 0.193. The van der Waals surface area contributed by atoms with Gasteiger partial charge in [0, 0.05) is 0 Å². The maximum absolute atomic E-state index is 10.3. The first-order valence-corrected chi connectivity index (χ1v) is 6.77. The molecule has 0 aromatic heterocycles. The molecule has 1 unspecified atom stereocenters. The van der Waals surface area contributed by atoms with E-state index in [4.69, 9.17) is 10.2 Å². The lowest BCUT2D eigenvalue weighted by Gasteiger charge is -2.06. The fraction of sp³-hybridized carbons (Fsp3) is 0.143. The summed E-state index contributed by atoms with van der Waals surface area (Å²) in [7, 11) is 0. The van der Waals surface area contributed by atoms with E-state index in [9.17, 15) is 8.76 Å². The van der Waals surface area contributed by atoms with Crippen LogP contribution in [0.25, 0.3) is 0 Å². The summed E-state index contributed by atoms with van der Waals surface area (Å²) in [6.45, 7) is 2.16. The highest BCUT2D eigenvalue weighted by molar-refractivity contribution is 7.79. The van der Waals surface area contributed by atoms with Crippen molar-refractivity contribution < 1.29 is 19.0 Å². The Morgan fingerprint density at radius 3 is 2.16 bits per heavy atom. The van der Waals surface area contributed by atoms with Crippen molar-refractivity contribution in [3.63, 3.8) is 0 Å². The largest absolute Gasteiger partial charge is 0.768 e. The number of hydrogen-bond donors (Lipinski definition) is 2. The smallest absolute Gasteiger partial charge is 0.130 e. The van der Waals surface area contributed by atoms with Crippen LogP contribution in [0.15, 0.2) is 53.4 Å². The summed E-state index contributed by atoms with van der Waals surface area (Å²) in [6.07, 6.45) is 1.14.